The fourth-order valence-corrected chi connectivity index (χ4v) is 7.50. The van der Waals surface area contributed by atoms with Crippen LogP contribution in [-0.4, -0.2) is 33.6 Å². The lowest BCUT2D eigenvalue weighted by atomic mass is 9.95. The Morgan fingerprint density at radius 1 is 0.900 bits per heavy atom. The number of hydrogen-bond donors (Lipinski definition) is 1. The molecule has 1 fully saturated rings. The largest absolute Gasteiger partial charge is 0.507 e. The SMILES string of the molecule is CCCCCOc1ccc(C2C(=C(O)c3ccc(OCc4cccc(C)c4)cc3)C(=O)C(=O)N2c2nnc(SCc3ccc(Cl)cc3)s2)cc1. The lowest BCUT2D eigenvalue weighted by Crippen LogP contribution is -2.29. The highest BCUT2D eigenvalue weighted by Crippen LogP contribution is 2.44. The molecule has 0 aliphatic carbocycles. The number of carbonyl (C=O) groups excluding carboxylic acids is 2. The van der Waals surface area contributed by atoms with Crippen molar-refractivity contribution >= 4 is 57.3 Å². The first-order chi connectivity index (χ1) is 24.3. The third kappa shape index (κ3) is 8.38. The quantitative estimate of drug-likeness (QED) is 0.0302. The molecule has 1 atom stereocenters. The van der Waals surface area contributed by atoms with Crippen LogP contribution in [0.2, 0.25) is 5.02 Å². The van der Waals surface area contributed by atoms with Crippen molar-refractivity contribution in [3.8, 4) is 11.5 Å². The van der Waals surface area contributed by atoms with Crippen molar-refractivity contribution in [3.05, 3.63) is 135 Å². The van der Waals surface area contributed by atoms with Crippen molar-refractivity contribution in [2.45, 2.75) is 55.9 Å². The Labute approximate surface area is 304 Å². The van der Waals surface area contributed by atoms with Crippen molar-refractivity contribution in [2.24, 2.45) is 0 Å². The van der Waals surface area contributed by atoms with Crippen LogP contribution in [-0.2, 0) is 21.9 Å². The molecule has 50 heavy (non-hydrogen) atoms. The van der Waals surface area contributed by atoms with E-state index in [1.165, 1.54) is 28.0 Å². The molecular formula is C39H36ClN3O5S2. The summed E-state index contributed by atoms with van der Waals surface area (Å²) in [4.78, 5) is 28.8. The van der Waals surface area contributed by atoms with Crippen molar-refractivity contribution in [1.29, 1.82) is 0 Å². The van der Waals surface area contributed by atoms with Crippen LogP contribution in [0, 0.1) is 6.92 Å². The molecule has 1 unspecified atom stereocenters. The Hall–Kier alpha value is -4.64. The van der Waals surface area contributed by atoms with Crippen LogP contribution in [0.25, 0.3) is 5.76 Å². The van der Waals surface area contributed by atoms with Gasteiger partial charge in [-0.05, 0) is 78.6 Å². The maximum atomic E-state index is 13.7. The molecule has 4 aromatic carbocycles. The topological polar surface area (TPSA) is 102 Å². The number of halogens is 1. The van der Waals surface area contributed by atoms with Crippen LogP contribution < -0.4 is 14.4 Å². The van der Waals surface area contributed by atoms with E-state index in [4.69, 9.17) is 21.1 Å². The van der Waals surface area contributed by atoms with E-state index >= 15 is 0 Å². The summed E-state index contributed by atoms with van der Waals surface area (Å²) >= 11 is 8.71. The lowest BCUT2D eigenvalue weighted by Gasteiger charge is -2.22. The summed E-state index contributed by atoms with van der Waals surface area (Å²) in [5.41, 5.74) is 4.20. The second-order valence-electron chi connectivity index (χ2n) is 11.9. The maximum Gasteiger partial charge on any atom is 0.301 e. The molecule has 0 spiro atoms. The Morgan fingerprint density at radius 3 is 2.34 bits per heavy atom. The zero-order chi connectivity index (χ0) is 35.0. The number of aromatic nitrogens is 2. The van der Waals surface area contributed by atoms with Gasteiger partial charge < -0.3 is 14.6 Å². The van der Waals surface area contributed by atoms with E-state index in [1.54, 1.807) is 24.3 Å². The molecule has 8 nitrogen and oxygen atoms in total. The van der Waals surface area contributed by atoms with Gasteiger partial charge in [-0.2, -0.15) is 0 Å². The summed E-state index contributed by atoms with van der Waals surface area (Å²) in [5.74, 6) is 0.0193. The molecule has 5 aromatic rings. The van der Waals surface area contributed by atoms with E-state index in [0.29, 0.717) is 51.0 Å². The molecule has 0 bridgehead atoms. The number of benzene rings is 4. The van der Waals surface area contributed by atoms with E-state index in [2.05, 4.69) is 23.2 Å². The van der Waals surface area contributed by atoms with Gasteiger partial charge in [0.2, 0.25) is 5.13 Å². The zero-order valence-corrected chi connectivity index (χ0v) is 30.1. The number of hydrogen-bond acceptors (Lipinski definition) is 9. The minimum Gasteiger partial charge on any atom is -0.507 e. The van der Waals surface area contributed by atoms with Gasteiger partial charge in [0.15, 0.2) is 4.34 Å². The third-order valence-corrected chi connectivity index (χ3v) is 10.5. The molecule has 1 N–H and O–H groups in total. The van der Waals surface area contributed by atoms with Crippen LogP contribution >= 0.6 is 34.7 Å². The number of rotatable bonds is 14. The van der Waals surface area contributed by atoms with Gasteiger partial charge in [-0.15, -0.1) is 10.2 Å². The monoisotopic (exact) mass is 725 g/mol. The van der Waals surface area contributed by atoms with Crippen molar-refractivity contribution in [2.75, 3.05) is 11.5 Å². The van der Waals surface area contributed by atoms with E-state index in [-0.39, 0.29) is 16.5 Å². The van der Waals surface area contributed by atoms with Crippen molar-refractivity contribution in [1.82, 2.24) is 10.2 Å². The Bertz CT molecular complexity index is 1980. The fourth-order valence-electron chi connectivity index (χ4n) is 5.55. The standard InChI is InChI=1S/C39H36ClN3O5S2/c1-3-4-5-21-47-31-17-11-28(12-18-31)34-33(35(44)29-13-19-32(20-14-29)48-23-27-8-6-7-25(2)22-27)36(45)37(46)43(34)38-41-42-39(50-38)49-24-26-9-15-30(40)16-10-26/h6-20,22,34,44H,3-5,21,23-24H2,1-2H3. The lowest BCUT2D eigenvalue weighted by molar-refractivity contribution is -0.132. The highest BCUT2D eigenvalue weighted by Gasteiger charge is 2.48. The van der Waals surface area contributed by atoms with E-state index in [1.807, 2.05) is 73.7 Å². The first-order valence-corrected chi connectivity index (χ1v) is 18.5. The molecule has 2 heterocycles. The van der Waals surface area contributed by atoms with E-state index in [9.17, 15) is 14.7 Å². The number of amides is 1. The molecule has 256 valence electrons. The first kappa shape index (κ1) is 35.2. The van der Waals surface area contributed by atoms with Crippen LogP contribution in [0.4, 0.5) is 5.13 Å². The van der Waals surface area contributed by atoms with Crippen molar-refractivity contribution < 1.29 is 24.2 Å². The number of thioether (sulfide) groups is 1. The van der Waals surface area contributed by atoms with Crippen molar-refractivity contribution in [3.63, 3.8) is 0 Å². The fraction of sp³-hybridized carbons (Fsp3) is 0.231. The number of carbonyl (C=O) groups is 2. The van der Waals surface area contributed by atoms with Crippen LogP contribution in [0.3, 0.4) is 0 Å². The minimum atomic E-state index is -0.941. The number of nitrogens with zero attached hydrogens (tertiary/aromatic N) is 3. The number of ketones is 1. The minimum absolute atomic E-state index is 0.0365. The Balaban J connectivity index is 1.29. The summed E-state index contributed by atoms with van der Waals surface area (Å²) in [6.45, 7) is 5.15. The molecular weight excluding hydrogens is 690 g/mol. The number of aliphatic hydroxyl groups excluding tert-OH is 1. The number of anilines is 1. The van der Waals surface area contributed by atoms with Gasteiger partial charge in [0, 0.05) is 16.3 Å². The maximum absolute atomic E-state index is 13.7. The second kappa shape index (κ2) is 16.4. The predicted molar refractivity (Wildman–Crippen MR) is 199 cm³/mol. The molecule has 6 rings (SSSR count). The van der Waals surface area contributed by atoms with Gasteiger partial charge in [-0.1, -0.05) is 109 Å². The Morgan fingerprint density at radius 2 is 1.62 bits per heavy atom. The van der Waals surface area contributed by atoms with Gasteiger partial charge in [0.1, 0.15) is 23.9 Å². The molecule has 1 aliphatic rings. The molecule has 1 aliphatic heterocycles. The summed E-state index contributed by atoms with van der Waals surface area (Å²) in [6, 6.07) is 28.7. The van der Waals surface area contributed by atoms with Gasteiger partial charge in [0.05, 0.1) is 18.2 Å². The zero-order valence-electron chi connectivity index (χ0n) is 27.7. The van der Waals surface area contributed by atoms with Crippen LogP contribution in [0.1, 0.15) is 60.0 Å². The summed E-state index contributed by atoms with van der Waals surface area (Å²) in [5, 5.41) is 21.2. The predicted octanol–water partition coefficient (Wildman–Crippen LogP) is 9.57. The second-order valence-corrected chi connectivity index (χ2v) is 14.5. The summed E-state index contributed by atoms with van der Waals surface area (Å²) in [7, 11) is 0. The number of aliphatic hydroxyl groups is 1. The van der Waals surface area contributed by atoms with E-state index in [0.717, 1.165) is 36.0 Å². The smallest absolute Gasteiger partial charge is 0.301 e. The van der Waals surface area contributed by atoms with Gasteiger partial charge >= 0.3 is 5.91 Å². The number of aryl methyl sites for hydroxylation is 1. The molecule has 1 amide bonds. The van der Waals surface area contributed by atoms with Crippen LogP contribution in [0.5, 0.6) is 11.5 Å². The Kier molecular flexibility index (Phi) is 11.5. The molecule has 11 heteroatoms. The van der Waals surface area contributed by atoms with Crippen LogP contribution in [0.15, 0.2) is 107 Å². The highest BCUT2D eigenvalue weighted by molar-refractivity contribution is 8.00. The molecule has 1 saturated heterocycles. The van der Waals surface area contributed by atoms with Gasteiger partial charge in [-0.3, -0.25) is 14.5 Å². The summed E-state index contributed by atoms with van der Waals surface area (Å²) < 4.78 is 12.5. The average Bonchev–Trinajstić information content (AvgIpc) is 3.70. The number of unbranched alkanes of at least 4 members (excludes halogenated alkanes) is 2. The van der Waals surface area contributed by atoms with Gasteiger partial charge in [-0.25, -0.2) is 0 Å². The number of Topliss-reactive ketones (excluding diaryl/α,β-unsaturated/α-hetero) is 1. The first-order valence-electron chi connectivity index (χ1n) is 16.3. The van der Waals surface area contributed by atoms with E-state index < -0.39 is 17.7 Å². The summed E-state index contributed by atoms with van der Waals surface area (Å²) in [6.07, 6.45) is 3.12. The van der Waals surface area contributed by atoms with Gasteiger partial charge in [0.25, 0.3) is 5.78 Å². The normalized spacial score (nSPS) is 15.4. The third-order valence-electron chi connectivity index (χ3n) is 8.15. The molecule has 0 saturated carbocycles. The number of ether oxygens (including phenoxy) is 2. The molecule has 1 aromatic heterocycles. The highest BCUT2D eigenvalue weighted by atomic mass is 35.5. The molecule has 0 radical (unpaired) electrons. The average molecular weight is 726 g/mol.